The predicted octanol–water partition coefficient (Wildman–Crippen LogP) is 0.871. The van der Waals surface area contributed by atoms with Crippen LogP contribution in [0.3, 0.4) is 0 Å². The number of phosphoric ester groups is 1. The number of phosphoric acid groups is 1. The highest BCUT2D eigenvalue weighted by Crippen LogP contribution is 2.29. The lowest BCUT2D eigenvalue weighted by Crippen LogP contribution is -2.47. The van der Waals surface area contributed by atoms with Crippen molar-refractivity contribution in [1.82, 2.24) is 0 Å². The molecule has 0 amide bonds. The maximum atomic E-state index is 10.4. The smallest absolute Gasteiger partial charge is 0.265 e. The minimum Gasteiger partial charge on any atom is -0.756 e. The van der Waals surface area contributed by atoms with Crippen LogP contribution in [-0.4, -0.2) is 54.4 Å². The van der Waals surface area contributed by atoms with Crippen LogP contribution in [0.5, 0.6) is 0 Å². The molecule has 2 unspecified atom stereocenters. The average molecular weight is 297 g/mol. The highest BCUT2D eigenvalue weighted by Gasteiger charge is 2.20. The van der Waals surface area contributed by atoms with Crippen molar-refractivity contribution in [3.05, 3.63) is 0 Å². The van der Waals surface area contributed by atoms with Gasteiger partial charge < -0.3 is 23.9 Å². The van der Waals surface area contributed by atoms with Gasteiger partial charge in [0.05, 0.1) is 14.1 Å². The molecular formula is C12H28NO5P. The third kappa shape index (κ3) is 12.8. The first kappa shape index (κ1) is 19.0. The number of quaternary nitrogens is 1. The molecule has 19 heavy (non-hydrogen) atoms. The Balaban J connectivity index is 3.83. The van der Waals surface area contributed by atoms with E-state index >= 15 is 0 Å². The van der Waals surface area contributed by atoms with Crippen LogP contribution in [0.4, 0.5) is 0 Å². The van der Waals surface area contributed by atoms with E-state index in [-0.39, 0.29) is 12.7 Å². The first-order chi connectivity index (χ1) is 8.66. The van der Waals surface area contributed by atoms with Crippen molar-refractivity contribution >= 4 is 7.82 Å². The zero-order chi connectivity index (χ0) is 14.9. The van der Waals surface area contributed by atoms with Crippen molar-refractivity contribution in [2.75, 3.05) is 33.8 Å². The Morgan fingerprint density at radius 3 is 2.47 bits per heavy atom. The number of aliphatic hydroxyl groups is 1. The zero-order valence-electron chi connectivity index (χ0n) is 12.2. The molecule has 2 N–H and O–H groups in total. The zero-order valence-corrected chi connectivity index (χ0v) is 13.1. The lowest BCUT2D eigenvalue weighted by atomic mass is 10.1. The normalized spacial score (nSPS) is 17.2. The summed E-state index contributed by atoms with van der Waals surface area (Å²) < 4.78 is 15.2. The molecule has 2 atom stereocenters. The summed E-state index contributed by atoms with van der Waals surface area (Å²) in [5.74, 6) is 0. The summed E-state index contributed by atoms with van der Waals surface area (Å²) in [5, 5.41) is 9.92. The molecule has 0 heterocycles. The molecule has 0 aliphatic rings. The van der Waals surface area contributed by atoms with Gasteiger partial charge in [-0.3, -0.25) is 4.57 Å². The fourth-order valence-electron chi connectivity index (χ4n) is 1.96. The number of aliphatic hydroxyl groups excluding tert-OH is 1. The minimum absolute atomic E-state index is 0.0766. The molecule has 0 saturated carbocycles. The summed E-state index contributed by atoms with van der Waals surface area (Å²) >= 11 is 0. The van der Waals surface area contributed by atoms with Crippen LogP contribution in [0.1, 0.15) is 39.0 Å². The van der Waals surface area contributed by atoms with Crippen molar-refractivity contribution < 1.29 is 28.5 Å². The Labute approximate surface area is 116 Å². The van der Waals surface area contributed by atoms with Crippen LogP contribution < -0.4 is 4.89 Å². The SMILES string of the molecule is CCCCCCC(O)C[N+](C)(C)CCOP(=O)([O-])O. The van der Waals surface area contributed by atoms with E-state index in [1.165, 1.54) is 12.8 Å². The molecule has 0 rings (SSSR count). The van der Waals surface area contributed by atoms with Gasteiger partial charge in [-0.05, 0) is 6.42 Å². The van der Waals surface area contributed by atoms with E-state index in [9.17, 15) is 14.6 Å². The van der Waals surface area contributed by atoms with E-state index in [4.69, 9.17) is 4.89 Å². The Morgan fingerprint density at radius 1 is 1.32 bits per heavy atom. The summed E-state index contributed by atoms with van der Waals surface area (Å²) in [6.45, 7) is 3.03. The van der Waals surface area contributed by atoms with Gasteiger partial charge in [0.2, 0.25) is 0 Å². The fourth-order valence-corrected chi connectivity index (χ4v) is 2.28. The van der Waals surface area contributed by atoms with Crippen molar-refractivity contribution in [2.24, 2.45) is 0 Å². The van der Waals surface area contributed by atoms with Crippen LogP contribution in [0, 0.1) is 0 Å². The van der Waals surface area contributed by atoms with Gasteiger partial charge in [0, 0.05) is 0 Å². The first-order valence-corrected chi connectivity index (χ1v) is 8.34. The summed E-state index contributed by atoms with van der Waals surface area (Å²) in [5.41, 5.74) is 0. The molecule has 0 bridgehead atoms. The molecule has 0 aromatic rings. The number of nitrogens with zero attached hydrogens (tertiary/aromatic N) is 1. The van der Waals surface area contributed by atoms with E-state index in [0.29, 0.717) is 17.6 Å². The molecule has 0 aliphatic carbocycles. The number of hydrogen-bond donors (Lipinski definition) is 2. The van der Waals surface area contributed by atoms with E-state index < -0.39 is 7.82 Å². The molecule has 7 heteroatoms. The Bertz CT molecular complexity index is 279. The predicted molar refractivity (Wildman–Crippen MR) is 72.4 cm³/mol. The van der Waals surface area contributed by atoms with Gasteiger partial charge in [-0.15, -0.1) is 0 Å². The van der Waals surface area contributed by atoms with Gasteiger partial charge in [-0.25, -0.2) is 0 Å². The average Bonchev–Trinajstić information content (AvgIpc) is 2.21. The molecule has 0 aromatic carbocycles. The largest absolute Gasteiger partial charge is 0.756 e. The summed E-state index contributed by atoms with van der Waals surface area (Å²) in [6, 6.07) is 0. The topological polar surface area (TPSA) is 89.8 Å². The van der Waals surface area contributed by atoms with Crippen LogP contribution in [0.15, 0.2) is 0 Å². The molecule has 6 nitrogen and oxygen atoms in total. The standard InChI is InChI=1S/C12H28NO5P/c1-4-5-6-7-8-12(14)11-13(2,3)9-10-18-19(15,16)17/h12,14H,4-11H2,1-3H3,(H-,15,16,17). The van der Waals surface area contributed by atoms with Crippen molar-refractivity contribution in [3.63, 3.8) is 0 Å². The molecule has 0 aliphatic heterocycles. The highest BCUT2D eigenvalue weighted by molar-refractivity contribution is 7.44. The number of likely N-dealkylation sites (N-methyl/N-ethyl adjacent to an activating group) is 1. The second-order valence-electron chi connectivity index (χ2n) is 5.65. The van der Waals surface area contributed by atoms with E-state index in [1.807, 2.05) is 14.1 Å². The molecule has 0 radical (unpaired) electrons. The third-order valence-electron chi connectivity index (χ3n) is 3.05. The van der Waals surface area contributed by atoms with E-state index in [2.05, 4.69) is 11.4 Å². The maximum Gasteiger partial charge on any atom is 0.265 e. The molecule has 0 spiro atoms. The van der Waals surface area contributed by atoms with Gasteiger partial charge >= 0.3 is 0 Å². The summed E-state index contributed by atoms with van der Waals surface area (Å²) in [6.07, 6.45) is 4.88. The maximum absolute atomic E-state index is 10.4. The lowest BCUT2D eigenvalue weighted by Gasteiger charge is -2.32. The van der Waals surface area contributed by atoms with Crippen LogP contribution in [0.2, 0.25) is 0 Å². The number of rotatable bonds is 11. The quantitative estimate of drug-likeness (QED) is 0.335. The van der Waals surface area contributed by atoms with Crippen molar-refractivity contribution in [1.29, 1.82) is 0 Å². The molecule has 0 aromatic heterocycles. The van der Waals surface area contributed by atoms with Gasteiger partial charge in [-0.1, -0.05) is 32.6 Å². The fraction of sp³-hybridized carbons (Fsp3) is 1.00. The van der Waals surface area contributed by atoms with Crippen LogP contribution >= 0.6 is 7.82 Å². The van der Waals surface area contributed by atoms with Crippen molar-refractivity contribution in [2.45, 2.75) is 45.1 Å². The van der Waals surface area contributed by atoms with Gasteiger partial charge in [0.25, 0.3) is 7.82 Å². The van der Waals surface area contributed by atoms with Gasteiger partial charge in [0.15, 0.2) is 0 Å². The third-order valence-corrected chi connectivity index (χ3v) is 3.56. The minimum atomic E-state index is -4.63. The Hall–Kier alpha value is 0.0300. The lowest BCUT2D eigenvalue weighted by molar-refractivity contribution is -0.893. The Morgan fingerprint density at radius 2 is 1.95 bits per heavy atom. The summed E-state index contributed by atoms with van der Waals surface area (Å²) in [7, 11) is -0.845. The van der Waals surface area contributed by atoms with E-state index in [0.717, 1.165) is 19.3 Å². The number of hydrogen-bond acceptors (Lipinski definition) is 4. The molecule has 116 valence electrons. The summed E-state index contributed by atoms with van der Waals surface area (Å²) in [4.78, 5) is 18.9. The van der Waals surface area contributed by atoms with Crippen LogP contribution in [-0.2, 0) is 9.09 Å². The second kappa shape index (κ2) is 9.06. The monoisotopic (exact) mass is 297 g/mol. The second-order valence-corrected chi connectivity index (χ2v) is 6.84. The van der Waals surface area contributed by atoms with Crippen molar-refractivity contribution in [3.8, 4) is 0 Å². The van der Waals surface area contributed by atoms with Crippen LogP contribution in [0.25, 0.3) is 0 Å². The van der Waals surface area contributed by atoms with Gasteiger partial charge in [-0.2, -0.15) is 0 Å². The molecular weight excluding hydrogens is 269 g/mol. The Kier molecular flexibility index (Phi) is 9.07. The molecule has 0 fully saturated rings. The first-order valence-electron chi connectivity index (χ1n) is 6.85. The highest BCUT2D eigenvalue weighted by atomic mass is 31.2. The molecule has 0 saturated heterocycles. The van der Waals surface area contributed by atoms with E-state index in [1.54, 1.807) is 0 Å². The number of unbranched alkanes of at least 4 members (excludes halogenated alkanes) is 3. The van der Waals surface area contributed by atoms with Gasteiger partial charge in [0.1, 0.15) is 25.8 Å².